The van der Waals surface area contributed by atoms with Crippen LogP contribution in [0.4, 0.5) is 27.5 Å². The minimum atomic E-state index is -0.420. The van der Waals surface area contributed by atoms with Crippen LogP contribution in [-0.4, -0.2) is 47.9 Å². The first-order valence-electron chi connectivity index (χ1n) is 10.5. The lowest BCUT2D eigenvalue weighted by Crippen LogP contribution is -2.48. The summed E-state index contributed by atoms with van der Waals surface area (Å²) < 4.78 is 0. The molecule has 0 atom stereocenters. The number of amides is 3. The average Bonchev–Trinajstić information content (AvgIpc) is 2.85. The number of nitro groups is 1. The van der Waals surface area contributed by atoms with Crippen LogP contribution in [0.5, 0.6) is 0 Å². The first-order chi connectivity index (χ1) is 16.0. The number of para-hydroxylation sites is 1. The van der Waals surface area contributed by atoms with Crippen molar-refractivity contribution in [3.8, 4) is 0 Å². The minimum absolute atomic E-state index is 0.0584. The molecular weight excluding hydrogens is 422 g/mol. The predicted octanol–water partition coefficient (Wildman–Crippen LogP) is 4.20. The van der Waals surface area contributed by atoms with Crippen LogP contribution in [0.2, 0.25) is 0 Å². The molecule has 2 N–H and O–H groups in total. The second-order valence-corrected chi connectivity index (χ2v) is 7.58. The van der Waals surface area contributed by atoms with Gasteiger partial charge in [0.1, 0.15) is 0 Å². The summed E-state index contributed by atoms with van der Waals surface area (Å²) in [5.41, 5.74) is 2.78. The Bertz CT molecular complexity index is 1130. The van der Waals surface area contributed by atoms with E-state index in [1.807, 2.05) is 18.2 Å². The van der Waals surface area contributed by atoms with Gasteiger partial charge in [-0.25, -0.2) is 4.79 Å². The summed E-state index contributed by atoms with van der Waals surface area (Å²) in [4.78, 5) is 39.3. The second kappa shape index (κ2) is 9.82. The number of nitro benzene ring substituents is 1. The van der Waals surface area contributed by atoms with E-state index in [1.165, 1.54) is 12.1 Å². The van der Waals surface area contributed by atoms with Gasteiger partial charge >= 0.3 is 6.03 Å². The summed E-state index contributed by atoms with van der Waals surface area (Å²) in [6, 6.07) is 22.0. The fourth-order valence-corrected chi connectivity index (χ4v) is 3.65. The van der Waals surface area contributed by atoms with E-state index in [0.29, 0.717) is 43.1 Å². The first kappa shape index (κ1) is 21.8. The van der Waals surface area contributed by atoms with Gasteiger partial charge in [-0.2, -0.15) is 0 Å². The van der Waals surface area contributed by atoms with Crippen molar-refractivity contribution in [2.45, 2.75) is 0 Å². The van der Waals surface area contributed by atoms with Crippen LogP contribution in [0.3, 0.4) is 0 Å². The quantitative estimate of drug-likeness (QED) is 0.452. The Kier molecular flexibility index (Phi) is 6.49. The lowest BCUT2D eigenvalue weighted by Gasteiger charge is -2.36. The number of nitrogens with zero attached hydrogens (tertiary/aromatic N) is 3. The van der Waals surface area contributed by atoms with Crippen molar-refractivity contribution < 1.29 is 14.5 Å². The number of benzene rings is 3. The summed E-state index contributed by atoms with van der Waals surface area (Å²) in [6.07, 6.45) is 0. The largest absolute Gasteiger partial charge is 0.368 e. The maximum Gasteiger partial charge on any atom is 0.323 e. The van der Waals surface area contributed by atoms with Crippen molar-refractivity contribution in [1.29, 1.82) is 0 Å². The molecule has 4 rings (SSSR count). The molecule has 168 valence electrons. The van der Waals surface area contributed by atoms with Gasteiger partial charge in [0.15, 0.2) is 0 Å². The molecule has 0 aromatic heterocycles. The Balaban J connectivity index is 1.29. The smallest absolute Gasteiger partial charge is 0.323 e. The number of non-ortho nitro benzene ring substituents is 1. The Hall–Kier alpha value is -4.40. The van der Waals surface area contributed by atoms with Crippen molar-refractivity contribution in [3.63, 3.8) is 0 Å². The number of carbonyl (C=O) groups is 2. The number of nitrogens with one attached hydrogen (secondary N) is 2. The molecule has 1 aliphatic heterocycles. The van der Waals surface area contributed by atoms with E-state index < -0.39 is 4.92 Å². The maximum absolute atomic E-state index is 12.9. The standard InChI is InChI=1S/C24H23N5O4/c30-23(28-16-14-27(15-17-28)21-10-12-22(13-11-21)29(32)33)18-6-8-20(9-7-18)26-24(31)25-19-4-2-1-3-5-19/h1-13H,14-17H2,(H2,25,26,31). The van der Waals surface area contributed by atoms with Crippen LogP contribution in [-0.2, 0) is 0 Å². The fraction of sp³-hybridized carbons (Fsp3) is 0.167. The first-order valence-corrected chi connectivity index (χ1v) is 10.5. The molecule has 0 radical (unpaired) electrons. The van der Waals surface area contributed by atoms with Gasteiger partial charge in [0.05, 0.1) is 4.92 Å². The van der Waals surface area contributed by atoms with Crippen molar-refractivity contribution in [2.24, 2.45) is 0 Å². The summed E-state index contributed by atoms with van der Waals surface area (Å²) in [5.74, 6) is -0.0707. The van der Waals surface area contributed by atoms with Gasteiger partial charge in [0.2, 0.25) is 0 Å². The molecule has 0 bridgehead atoms. The molecule has 9 nitrogen and oxygen atoms in total. The van der Waals surface area contributed by atoms with E-state index >= 15 is 0 Å². The van der Waals surface area contributed by atoms with E-state index in [1.54, 1.807) is 53.4 Å². The van der Waals surface area contributed by atoms with E-state index in [9.17, 15) is 19.7 Å². The molecule has 1 heterocycles. The molecule has 1 aliphatic rings. The van der Waals surface area contributed by atoms with Crippen LogP contribution in [0.1, 0.15) is 10.4 Å². The van der Waals surface area contributed by atoms with E-state index in [4.69, 9.17) is 0 Å². The Morgan fingerprint density at radius 1 is 0.758 bits per heavy atom. The second-order valence-electron chi connectivity index (χ2n) is 7.58. The summed E-state index contributed by atoms with van der Waals surface area (Å²) in [5, 5.41) is 16.3. The van der Waals surface area contributed by atoms with Crippen LogP contribution in [0.15, 0.2) is 78.9 Å². The zero-order valence-electron chi connectivity index (χ0n) is 17.8. The van der Waals surface area contributed by atoms with Crippen molar-refractivity contribution in [3.05, 3.63) is 94.5 Å². The maximum atomic E-state index is 12.9. The zero-order chi connectivity index (χ0) is 23.2. The number of piperazine rings is 1. The summed E-state index contributed by atoms with van der Waals surface area (Å²) in [7, 11) is 0. The molecule has 9 heteroatoms. The van der Waals surface area contributed by atoms with Gasteiger partial charge < -0.3 is 20.4 Å². The number of hydrogen-bond donors (Lipinski definition) is 2. The van der Waals surface area contributed by atoms with Gasteiger partial charge in [-0.3, -0.25) is 14.9 Å². The molecule has 3 aromatic carbocycles. The minimum Gasteiger partial charge on any atom is -0.368 e. The molecule has 0 unspecified atom stereocenters. The third-order valence-corrected chi connectivity index (χ3v) is 5.41. The normalized spacial score (nSPS) is 13.3. The molecule has 0 aliphatic carbocycles. The molecule has 1 fully saturated rings. The van der Waals surface area contributed by atoms with Gasteiger partial charge in [-0.05, 0) is 48.5 Å². The number of anilines is 3. The highest BCUT2D eigenvalue weighted by molar-refractivity contribution is 6.00. The van der Waals surface area contributed by atoms with Gasteiger partial charge in [-0.15, -0.1) is 0 Å². The Morgan fingerprint density at radius 2 is 1.33 bits per heavy atom. The number of carbonyl (C=O) groups excluding carboxylic acids is 2. The lowest BCUT2D eigenvalue weighted by atomic mass is 10.1. The van der Waals surface area contributed by atoms with Crippen LogP contribution in [0.25, 0.3) is 0 Å². The Morgan fingerprint density at radius 3 is 1.91 bits per heavy atom. The molecule has 1 saturated heterocycles. The Labute approximate surface area is 190 Å². The van der Waals surface area contributed by atoms with Crippen LogP contribution < -0.4 is 15.5 Å². The van der Waals surface area contributed by atoms with Crippen LogP contribution >= 0.6 is 0 Å². The molecule has 0 saturated carbocycles. The molecule has 33 heavy (non-hydrogen) atoms. The molecule has 0 spiro atoms. The molecular formula is C24H23N5O4. The van der Waals surface area contributed by atoms with E-state index in [0.717, 1.165) is 5.69 Å². The van der Waals surface area contributed by atoms with Gasteiger partial charge in [0, 0.05) is 60.9 Å². The average molecular weight is 445 g/mol. The third-order valence-electron chi connectivity index (χ3n) is 5.41. The highest BCUT2D eigenvalue weighted by Crippen LogP contribution is 2.21. The highest BCUT2D eigenvalue weighted by atomic mass is 16.6. The predicted molar refractivity (Wildman–Crippen MR) is 127 cm³/mol. The summed E-state index contributed by atoms with van der Waals surface area (Å²) >= 11 is 0. The highest BCUT2D eigenvalue weighted by Gasteiger charge is 2.22. The van der Waals surface area contributed by atoms with E-state index in [2.05, 4.69) is 15.5 Å². The fourth-order valence-electron chi connectivity index (χ4n) is 3.65. The number of rotatable bonds is 5. The zero-order valence-corrected chi connectivity index (χ0v) is 17.8. The van der Waals surface area contributed by atoms with Gasteiger partial charge in [-0.1, -0.05) is 18.2 Å². The van der Waals surface area contributed by atoms with Crippen molar-refractivity contribution in [1.82, 2.24) is 4.90 Å². The van der Waals surface area contributed by atoms with E-state index in [-0.39, 0.29) is 17.6 Å². The van der Waals surface area contributed by atoms with Crippen molar-refractivity contribution >= 4 is 34.7 Å². The SMILES string of the molecule is O=C(Nc1ccccc1)Nc1ccc(C(=O)N2CCN(c3ccc([N+](=O)[O-])cc3)CC2)cc1. The number of urea groups is 1. The number of hydrogen-bond acceptors (Lipinski definition) is 5. The molecule has 3 amide bonds. The van der Waals surface area contributed by atoms with Crippen molar-refractivity contribution in [2.75, 3.05) is 41.7 Å². The third kappa shape index (κ3) is 5.45. The van der Waals surface area contributed by atoms with Crippen LogP contribution in [0, 0.1) is 10.1 Å². The monoisotopic (exact) mass is 445 g/mol. The topological polar surface area (TPSA) is 108 Å². The summed E-state index contributed by atoms with van der Waals surface area (Å²) in [6.45, 7) is 2.39. The van der Waals surface area contributed by atoms with Gasteiger partial charge in [0.25, 0.3) is 11.6 Å². The molecule has 3 aromatic rings. The lowest BCUT2D eigenvalue weighted by molar-refractivity contribution is -0.384.